The number of rotatable bonds is 3. The van der Waals surface area contributed by atoms with E-state index in [4.69, 9.17) is 4.42 Å². The van der Waals surface area contributed by atoms with Gasteiger partial charge in [-0.05, 0) is 12.1 Å². The lowest BCUT2D eigenvalue weighted by Gasteiger charge is -2.13. The number of aromatic nitrogens is 2. The first-order valence-corrected chi connectivity index (χ1v) is 5.97. The second-order valence-electron chi connectivity index (χ2n) is 4.18. The van der Waals surface area contributed by atoms with Crippen LogP contribution in [0.3, 0.4) is 0 Å². The van der Waals surface area contributed by atoms with Gasteiger partial charge < -0.3 is 4.42 Å². The average Bonchev–Trinajstić information content (AvgIpc) is 2.99. The van der Waals surface area contributed by atoms with Gasteiger partial charge in [-0.15, -0.1) is 10.2 Å². The van der Waals surface area contributed by atoms with Crippen LogP contribution in [0.25, 0.3) is 0 Å². The number of carbonyl (C=O) groups is 2. The highest BCUT2D eigenvalue weighted by atomic mass is 16.4. The number of Topliss-reactive ketones (excluding diaryl/α,β-unsaturated/α-hetero) is 1. The van der Waals surface area contributed by atoms with Gasteiger partial charge in [0.05, 0.1) is 11.3 Å². The molecule has 0 atom stereocenters. The number of anilines is 1. The highest BCUT2D eigenvalue weighted by molar-refractivity contribution is 6.52. The van der Waals surface area contributed by atoms with E-state index in [0.717, 1.165) is 0 Å². The topological polar surface area (TPSA) is 76.3 Å². The van der Waals surface area contributed by atoms with E-state index in [1.165, 1.54) is 4.90 Å². The number of hydrogen-bond donors (Lipinski definition) is 0. The standard InChI is InChI=1S/C13H11N3O3/c1-2-10-14-15-11(19-10)7-16-9-6-4-3-5-8(9)12(17)13(16)18/h3-6H,2,7H2,1H3. The summed E-state index contributed by atoms with van der Waals surface area (Å²) in [5, 5.41) is 7.70. The minimum atomic E-state index is -0.558. The Bertz CT molecular complexity index is 663. The van der Waals surface area contributed by atoms with Crippen molar-refractivity contribution in [2.45, 2.75) is 19.9 Å². The lowest BCUT2D eigenvalue weighted by atomic mass is 10.1. The van der Waals surface area contributed by atoms with Crippen LogP contribution in [0.1, 0.15) is 29.1 Å². The number of ketones is 1. The summed E-state index contributed by atoms with van der Waals surface area (Å²) < 4.78 is 5.37. The number of amides is 1. The molecule has 2 aromatic rings. The molecule has 3 rings (SSSR count). The van der Waals surface area contributed by atoms with Gasteiger partial charge >= 0.3 is 0 Å². The maximum Gasteiger partial charge on any atom is 0.299 e. The largest absolute Gasteiger partial charge is 0.423 e. The first-order chi connectivity index (χ1) is 9.20. The maximum absolute atomic E-state index is 11.9. The van der Waals surface area contributed by atoms with Gasteiger partial charge in [-0.1, -0.05) is 19.1 Å². The van der Waals surface area contributed by atoms with Gasteiger partial charge in [-0.3, -0.25) is 14.5 Å². The number of aryl methyl sites for hydroxylation is 1. The summed E-state index contributed by atoms with van der Waals surface area (Å²) in [6.45, 7) is 2.02. The summed E-state index contributed by atoms with van der Waals surface area (Å²) in [6.07, 6.45) is 0.635. The van der Waals surface area contributed by atoms with Gasteiger partial charge in [0, 0.05) is 6.42 Å². The van der Waals surface area contributed by atoms with Gasteiger partial charge in [-0.2, -0.15) is 0 Å². The Labute approximate surface area is 109 Å². The normalized spacial score (nSPS) is 14.1. The van der Waals surface area contributed by atoms with Gasteiger partial charge in [-0.25, -0.2) is 0 Å². The maximum atomic E-state index is 11.9. The van der Waals surface area contributed by atoms with E-state index in [-0.39, 0.29) is 6.54 Å². The van der Waals surface area contributed by atoms with Crippen LogP contribution < -0.4 is 4.90 Å². The van der Waals surface area contributed by atoms with E-state index in [9.17, 15) is 9.59 Å². The van der Waals surface area contributed by atoms with Crippen LogP contribution in [0.2, 0.25) is 0 Å². The lowest BCUT2D eigenvalue weighted by molar-refractivity contribution is -0.114. The summed E-state index contributed by atoms with van der Waals surface area (Å²) in [5.74, 6) is -0.209. The zero-order valence-electron chi connectivity index (χ0n) is 10.3. The molecular formula is C13H11N3O3. The molecular weight excluding hydrogens is 246 g/mol. The van der Waals surface area contributed by atoms with Gasteiger partial charge in [0.25, 0.3) is 11.7 Å². The molecule has 0 N–H and O–H groups in total. The second-order valence-corrected chi connectivity index (χ2v) is 4.18. The molecule has 0 saturated carbocycles. The van der Waals surface area contributed by atoms with Crippen LogP contribution in [0.4, 0.5) is 5.69 Å². The predicted octanol–water partition coefficient (Wildman–Crippen LogP) is 1.36. The lowest BCUT2D eigenvalue weighted by Crippen LogP contribution is -2.29. The SMILES string of the molecule is CCc1nnc(CN2C(=O)C(=O)c3ccccc32)o1. The molecule has 0 bridgehead atoms. The summed E-state index contributed by atoms with van der Waals surface area (Å²) >= 11 is 0. The Morgan fingerprint density at radius 1 is 1.16 bits per heavy atom. The monoisotopic (exact) mass is 257 g/mol. The molecule has 1 aromatic heterocycles. The first kappa shape index (κ1) is 11.6. The minimum absolute atomic E-state index is 0.120. The van der Waals surface area contributed by atoms with Crippen molar-refractivity contribution in [2.75, 3.05) is 4.90 Å². The molecule has 0 spiro atoms. The molecule has 19 heavy (non-hydrogen) atoms. The van der Waals surface area contributed by atoms with Crippen LogP contribution in [-0.2, 0) is 17.8 Å². The zero-order chi connectivity index (χ0) is 13.4. The Hall–Kier alpha value is -2.50. The molecule has 96 valence electrons. The quantitative estimate of drug-likeness (QED) is 0.776. The molecule has 6 heteroatoms. The van der Waals surface area contributed by atoms with E-state index < -0.39 is 11.7 Å². The third kappa shape index (κ3) is 1.81. The van der Waals surface area contributed by atoms with Crippen molar-refractivity contribution in [3.63, 3.8) is 0 Å². The Morgan fingerprint density at radius 2 is 1.89 bits per heavy atom. The van der Waals surface area contributed by atoms with Crippen LogP contribution >= 0.6 is 0 Å². The fourth-order valence-electron chi connectivity index (χ4n) is 2.04. The van der Waals surface area contributed by atoms with E-state index in [1.54, 1.807) is 24.3 Å². The fraction of sp³-hybridized carbons (Fsp3) is 0.231. The second kappa shape index (κ2) is 4.31. The number of para-hydroxylation sites is 1. The Kier molecular flexibility index (Phi) is 2.63. The third-order valence-corrected chi connectivity index (χ3v) is 2.98. The molecule has 0 aliphatic carbocycles. The summed E-state index contributed by atoms with van der Waals surface area (Å²) in [6, 6.07) is 6.88. The van der Waals surface area contributed by atoms with Gasteiger partial charge in [0.2, 0.25) is 11.8 Å². The van der Waals surface area contributed by atoms with E-state index in [2.05, 4.69) is 10.2 Å². The van der Waals surface area contributed by atoms with Crippen molar-refractivity contribution in [2.24, 2.45) is 0 Å². The Balaban J connectivity index is 1.93. The summed E-state index contributed by atoms with van der Waals surface area (Å²) in [4.78, 5) is 25.1. The molecule has 1 aliphatic heterocycles. The van der Waals surface area contributed by atoms with Crippen molar-refractivity contribution in [1.29, 1.82) is 0 Å². The number of nitrogens with zero attached hydrogens (tertiary/aromatic N) is 3. The zero-order valence-corrected chi connectivity index (χ0v) is 10.3. The van der Waals surface area contributed by atoms with E-state index in [0.29, 0.717) is 29.5 Å². The van der Waals surface area contributed by atoms with Crippen LogP contribution in [0.15, 0.2) is 28.7 Å². The number of carbonyl (C=O) groups excluding carboxylic acids is 2. The van der Waals surface area contributed by atoms with Crippen molar-refractivity contribution in [3.8, 4) is 0 Å². The van der Waals surface area contributed by atoms with Gasteiger partial charge in [0.1, 0.15) is 6.54 Å². The van der Waals surface area contributed by atoms with Crippen molar-refractivity contribution in [3.05, 3.63) is 41.6 Å². The third-order valence-electron chi connectivity index (χ3n) is 2.98. The molecule has 1 aliphatic rings. The molecule has 0 radical (unpaired) electrons. The number of fused-ring (bicyclic) bond motifs is 1. The summed E-state index contributed by atoms with van der Waals surface area (Å²) in [7, 11) is 0. The van der Waals surface area contributed by atoms with Crippen LogP contribution in [0.5, 0.6) is 0 Å². The van der Waals surface area contributed by atoms with Crippen LogP contribution in [-0.4, -0.2) is 21.9 Å². The van der Waals surface area contributed by atoms with E-state index >= 15 is 0 Å². The molecule has 0 fully saturated rings. The highest BCUT2D eigenvalue weighted by Gasteiger charge is 2.36. The highest BCUT2D eigenvalue weighted by Crippen LogP contribution is 2.29. The van der Waals surface area contributed by atoms with Crippen molar-refractivity contribution in [1.82, 2.24) is 10.2 Å². The number of hydrogen-bond acceptors (Lipinski definition) is 5. The fourth-order valence-corrected chi connectivity index (χ4v) is 2.04. The van der Waals surface area contributed by atoms with Crippen LogP contribution in [0, 0.1) is 0 Å². The molecule has 1 aromatic carbocycles. The summed E-state index contributed by atoms with van der Waals surface area (Å²) in [5.41, 5.74) is 1.01. The molecule has 1 amide bonds. The molecule has 6 nitrogen and oxygen atoms in total. The minimum Gasteiger partial charge on any atom is -0.423 e. The van der Waals surface area contributed by atoms with E-state index in [1.807, 2.05) is 6.92 Å². The number of benzene rings is 1. The van der Waals surface area contributed by atoms with Crippen molar-refractivity contribution >= 4 is 17.4 Å². The van der Waals surface area contributed by atoms with Crippen molar-refractivity contribution < 1.29 is 14.0 Å². The van der Waals surface area contributed by atoms with Gasteiger partial charge in [0.15, 0.2) is 0 Å². The first-order valence-electron chi connectivity index (χ1n) is 5.97. The molecule has 0 unspecified atom stereocenters. The predicted molar refractivity (Wildman–Crippen MR) is 65.6 cm³/mol. The average molecular weight is 257 g/mol. The molecule has 0 saturated heterocycles. The smallest absolute Gasteiger partial charge is 0.299 e. The molecule has 2 heterocycles. The Morgan fingerprint density at radius 3 is 2.63 bits per heavy atom.